The summed E-state index contributed by atoms with van der Waals surface area (Å²) in [6.07, 6.45) is 0. The number of aromatic amines is 1. The van der Waals surface area contributed by atoms with Crippen molar-refractivity contribution in [1.82, 2.24) is 9.97 Å². The molecule has 20 heavy (non-hydrogen) atoms. The topological polar surface area (TPSA) is 75.2 Å². The second-order valence-electron chi connectivity index (χ2n) is 4.92. The quantitative estimate of drug-likeness (QED) is 0.902. The van der Waals surface area contributed by atoms with E-state index in [1.807, 2.05) is 31.2 Å². The van der Waals surface area contributed by atoms with Gasteiger partial charge in [-0.25, -0.2) is 4.98 Å². The Balaban J connectivity index is 2.09. The van der Waals surface area contributed by atoms with Crippen molar-refractivity contribution >= 4 is 21.9 Å². The molecule has 1 saturated heterocycles. The lowest BCUT2D eigenvalue weighted by atomic mass is 9.85. The van der Waals surface area contributed by atoms with E-state index in [1.54, 1.807) is 0 Å². The van der Waals surface area contributed by atoms with E-state index in [0.29, 0.717) is 5.82 Å². The molecule has 2 N–H and O–H groups in total. The first-order valence-electron chi connectivity index (χ1n) is 6.18. The Kier molecular flexibility index (Phi) is 3.14. The molecule has 0 saturated carbocycles. The molecule has 2 heterocycles. The van der Waals surface area contributed by atoms with Gasteiger partial charge in [-0.15, -0.1) is 0 Å². The standard InChI is InChI=1S/C14H13BrN2O3/c1-8-11(9-4-2-3-5-10(9)15)17-12(16-8)14(13(18)19)6-20-7-14/h2-5H,6-7H2,1H3,(H,16,17)(H,18,19). The monoisotopic (exact) mass is 336 g/mol. The van der Waals surface area contributed by atoms with Crippen molar-refractivity contribution in [1.29, 1.82) is 0 Å². The predicted octanol–water partition coefficient (Wildman–Crippen LogP) is 2.50. The minimum atomic E-state index is -1.04. The smallest absolute Gasteiger partial charge is 0.322 e. The number of carbonyl (C=O) groups is 1. The van der Waals surface area contributed by atoms with Crippen LogP contribution < -0.4 is 0 Å². The highest BCUT2D eigenvalue weighted by atomic mass is 79.9. The van der Waals surface area contributed by atoms with Crippen molar-refractivity contribution in [3.05, 3.63) is 40.3 Å². The van der Waals surface area contributed by atoms with Gasteiger partial charge in [0.05, 0.1) is 18.9 Å². The molecule has 1 fully saturated rings. The number of nitrogens with zero attached hydrogens (tertiary/aromatic N) is 1. The number of imidazole rings is 1. The third kappa shape index (κ3) is 1.87. The number of halogens is 1. The zero-order valence-corrected chi connectivity index (χ0v) is 12.4. The van der Waals surface area contributed by atoms with Gasteiger partial charge in [-0.2, -0.15) is 0 Å². The van der Waals surface area contributed by atoms with Gasteiger partial charge >= 0.3 is 5.97 Å². The number of aryl methyl sites for hydroxylation is 1. The molecular weight excluding hydrogens is 324 g/mol. The van der Waals surface area contributed by atoms with Gasteiger partial charge in [0.25, 0.3) is 0 Å². The van der Waals surface area contributed by atoms with Gasteiger partial charge in [0.2, 0.25) is 0 Å². The summed E-state index contributed by atoms with van der Waals surface area (Å²) in [7, 11) is 0. The Morgan fingerprint density at radius 3 is 2.70 bits per heavy atom. The molecule has 1 aliphatic rings. The highest BCUT2D eigenvalue weighted by Gasteiger charge is 2.50. The fourth-order valence-electron chi connectivity index (χ4n) is 2.27. The average molecular weight is 337 g/mol. The Labute approximate surface area is 124 Å². The van der Waals surface area contributed by atoms with Crippen molar-refractivity contribution in [3.63, 3.8) is 0 Å². The van der Waals surface area contributed by atoms with Crippen LogP contribution in [0.15, 0.2) is 28.7 Å². The molecule has 1 aromatic heterocycles. The summed E-state index contributed by atoms with van der Waals surface area (Å²) < 4.78 is 6.01. The molecule has 0 atom stereocenters. The molecule has 0 bridgehead atoms. The third-order valence-corrected chi connectivity index (χ3v) is 4.26. The fourth-order valence-corrected chi connectivity index (χ4v) is 2.74. The van der Waals surface area contributed by atoms with Crippen LogP contribution in [-0.2, 0) is 14.9 Å². The molecule has 0 spiro atoms. The number of carboxylic acids is 1. The van der Waals surface area contributed by atoms with E-state index in [2.05, 4.69) is 25.9 Å². The summed E-state index contributed by atoms with van der Waals surface area (Å²) in [5, 5.41) is 9.41. The summed E-state index contributed by atoms with van der Waals surface area (Å²) in [6.45, 7) is 2.20. The highest BCUT2D eigenvalue weighted by Crippen LogP contribution is 2.35. The van der Waals surface area contributed by atoms with Crippen LogP contribution in [0, 0.1) is 6.92 Å². The first-order chi connectivity index (χ1) is 9.54. The van der Waals surface area contributed by atoms with Crippen LogP contribution in [0.4, 0.5) is 0 Å². The number of carboxylic acid groups (broad SMARTS) is 1. The molecule has 6 heteroatoms. The zero-order chi connectivity index (χ0) is 14.3. The second kappa shape index (κ2) is 4.71. The molecule has 2 aromatic rings. The van der Waals surface area contributed by atoms with Crippen molar-refractivity contribution in [3.8, 4) is 11.3 Å². The van der Waals surface area contributed by atoms with E-state index in [4.69, 9.17) is 4.74 Å². The van der Waals surface area contributed by atoms with Gasteiger partial charge < -0.3 is 14.8 Å². The lowest BCUT2D eigenvalue weighted by Gasteiger charge is -2.35. The summed E-state index contributed by atoms with van der Waals surface area (Å²) in [6, 6.07) is 7.73. The fraction of sp³-hybridized carbons (Fsp3) is 0.286. The number of aromatic nitrogens is 2. The van der Waals surface area contributed by atoms with Crippen LogP contribution in [0.2, 0.25) is 0 Å². The molecule has 1 aromatic carbocycles. The maximum atomic E-state index is 11.5. The minimum absolute atomic E-state index is 0.157. The van der Waals surface area contributed by atoms with E-state index in [1.165, 1.54) is 0 Å². The van der Waals surface area contributed by atoms with E-state index in [-0.39, 0.29) is 13.2 Å². The number of rotatable bonds is 3. The summed E-state index contributed by atoms with van der Waals surface area (Å²) in [4.78, 5) is 19.1. The van der Waals surface area contributed by atoms with E-state index >= 15 is 0 Å². The highest BCUT2D eigenvalue weighted by molar-refractivity contribution is 9.10. The van der Waals surface area contributed by atoms with E-state index in [0.717, 1.165) is 21.4 Å². The first kappa shape index (κ1) is 13.3. The summed E-state index contributed by atoms with van der Waals surface area (Å²) in [5.74, 6) is -0.448. The minimum Gasteiger partial charge on any atom is -0.480 e. The van der Waals surface area contributed by atoms with Crippen molar-refractivity contribution in [2.24, 2.45) is 0 Å². The van der Waals surface area contributed by atoms with Crippen LogP contribution in [0.1, 0.15) is 11.5 Å². The Morgan fingerprint density at radius 2 is 2.15 bits per heavy atom. The summed E-state index contributed by atoms with van der Waals surface area (Å²) >= 11 is 3.49. The number of aliphatic carboxylic acids is 1. The lowest BCUT2D eigenvalue weighted by molar-refractivity contribution is -0.163. The second-order valence-corrected chi connectivity index (χ2v) is 5.77. The molecule has 1 aliphatic heterocycles. The number of H-pyrrole nitrogens is 1. The van der Waals surface area contributed by atoms with Crippen molar-refractivity contribution in [2.45, 2.75) is 12.3 Å². The van der Waals surface area contributed by atoms with Crippen LogP contribution in [-0.4, -0.2) is 34.3 Å². The van der Waals surface area contributed by atoms with Gasteiger partial charge in [-0.1, -0.05) is 34.1 Å². The molecule has 0 unspecified atom stereocenters. The van der Waals surface area contributed by atoms with Crippen LogP contribution in [0.25, 0.3) is 11.3 Å². The Morgan fingerprint density at radius 1 is 1.45 bits per heavy atom. The van der Waals surface area contributed by atoms with E-state index < -0.39 is 11.4 Å². The van der Waals surface area contributed by atoms with Gasteiger partial charge in [0, 0.05) is 15.7 Å². The van der Waals surface area contributed by atoms with Gasteiger partial charge in [0.1, 0.15) is 5.82 Å². The van der Waals surface area contributed by atoms with Gasteiger partial charge in [-0.3, -0.25) is 4.79 Å². The van der Waals surface area contributed by atoms with Crippen LogP contribution >= 0.6 is 15.9 Å². The lowest BCUT2D eigenvalue weighted by Crippen LogP contribution is -2.53. The molecule has 104 valence electrons. The average Bonchev–Trinajstić information content (AvgIpc) is 2.70. The molecular formula is C14H13BrN2O3. The SMILES string of the molecule is Cc1[nH]c(C2(C(=O)O)COC2)nc1-c1ccccc1Br. The molecule has 0 radical (unpaired) electrons. The maximum Gasteiger partial charge on any atom is 0.322 e. The molecule has 0 amide bonds. The summed E-state index contributed by atoms with van der Waals surface area (Å²) in [5.41, 5.74) is 1.51. The van der Waals surface area contributed by atoms with Gasteiger partial charge in [0.15, 0.2) is 5.41 Å². The Bertz CT molecular complexity index is 677. The Hall–Kier alpha value is -1.66. The maximum absolute atomic E-state index is 11.5. The molecule has 0 aliphatic carbocycles. The number of hydrogen-bond acceptors (Lipinski definition) is 3. The van der Waals surface area contributed by atoms with Gasteiger partial charge in [-0.05, 0) is 13.0 Å². The molecule has 3 rings (SSSR count). The normalized spacial score (nSPS) is 16.7. The number of hydrogen-bond donors (Lipinski definition) is 2. The molecule has 5 nitrogen and oxygen atoms in total. The van der Waals surface area contributed by atoms with Crippen LogP contribution in [0.3, 0.4) is 0 Å². The number of nitrogens with one attached hydrogen (secondary N) is 1. The number of benzene rings is 1. The largest absolute Gasteiger partial charge is 0.480 e. The van der Waals surface area contributed by atoms with Crippen molar-refractivity contribution in [2.75, 3.05) is 13.2 Å². The third-order valence-electron chi connectivity index (χ3n) is 3.57. The first-order valence-corrected chi connectivity index (χ1v) is 6.97. The zero-order valence-electron chi connectivity index (χ0n) is 10.8. The predicted molar refractivity (Wildman–Crippen MR) is 76.6 cm³/mol. The van der Waals surface area contributed by atoms with Crippen LogP contribution in [0.5, 0.6) is 0 Å². The van der Waals surface area contributed by atoms with E-state index in [9.17, 15) is 9.90 Å². The van der Waals surface area contributed by atoms with Crippen molar-refractivity contribution < 1.29 is 14.6 Å². The number of ether oxygens (including phenoxy) is 1.